The monoisotopic (exact) mass is 408 g/mol. The number of nitro benzene ring substituents is 1. The maximum atomic E-state index is 12.4. The lowest BCUT2D eigenvalue weighted by atomic mass is 10.2. The highest BCUT2D eigenvalue weighted by Crippen LogP contribution is 2.26. The van der Waals surface area contributed by atoms with E-state index in [1.807, 2.05) is 0 Å². The van der Waals surface area contributed by atoms with E-state index < -0.39 is 10.8 Å². The molecule has 1 aromatic heterocycles. The first kappa shape index (κ1) is 18.5. The molecule has 4 rings (SSSR count). The van der Waals surface area contributed by atoms with E-state index >= 15 is 0 Å². The Kier molecular flexibility index (Phi) is 4.61. The van der Waals surface area contributed by atoms with Gasteiger partial charge in [-0.2, -0.15) is 0 Å². The number of phenolic OH excluding ortho intramolecular Hbond substituents is 1. The molecule has 0 aliphatic carbocycles. The van der Waals surface area contributed by atoms with Crippen LogP contribution in [0.2, 0.25) is 5.02 Å². The number of nitro groups is 1. The van der Waals surface area contributed by atoms with E-state index in [0.29, 0.717) is 33.1 Å². The highest BCUT2D eigenvalue weighted by molar-refractivity contribution is 6.31. The van der Waals surface area contributed by atoms with Gasteiger partial charge in [-0.1, -0.05) is 11.6 Å². The van der Waals surface area contributed by atoms with Gasteiger partial charge in [0.25, 0.3) is 11.6 Å². The van der Waals surface area contributed by atoms with Crippen molar-refractivity contribution in [2.24, 2.45) is 0 Å². The van der Waals surface area contributed by atoms with Gasteiger partial charge in [0.2, 0.25) is 0 Å². The fraction of sp³-hybridized carbons (Fsp3) is 0. The van der Waals surface area contributed by atoms with Crippen molar-refractivity contribution < 1.29 is 14.8 Å². The third-order valence-corrected chi connectivity index (χ3v) is 4.53. The third kappa shape index (κ3) is 3.74. The van der Waals surface area contributed by atoms with Crippen LogP contribution in [0.4, 0.5) is 11.4 Å². The van der Waals surface area contributed by atoms with E-state index in [1.165, 1.54) is 30.3 Å². The zero-order valence-corrected chi connectivity index (χ0v) is 15.5. The SMILES string of the molecule is O=C(Nc1ccc2nc(-c3ccc([N+](=O)[O-])cc3)[nH]c2c1)c1cc(Cl)ccc1O. The van der Waals surface area contributed by atoms with Gasteiger partial charge in [0, 0.05) is 28.4 Å². The van der Waals surface area contributed by atoms with Crippen molar-refractivity contribution in [2.45, 2.75) is 0 Å². The van der Waals surface area contributed by atoms with Crippen LogP contribution in [0.15, 0.2) is 60.7 Å². The molecule has 0 fully saturated rings. The summed E-state index contributed by atoms with van der Waals surface area (Å²) < 4.78 is 0. The number of fused-ring (bicyclic) bond motifs is 1. The van der Waals surface area contributed by atoms with Crippen LogP contribution in [0, 0.1) is 10.1 Å². The summed E-state index contributed by atoms with van der Waals surface area (Å²) in [5.74, 6) is -0.125. The molecule has 0 atom stereocenters. The number of phenols is 1. The number of carbonyl (C=O) groups is 1. The summed E-state index contributed by atoms with van der Waals surface area (Å²) >= 11 is 5.89. The van der Waals surface area contributed by atoms with E-state index in [-0.39, 0.29) is 17.0 Å². The smallest absolute Gasteiger partial charge is 0.269 e. The van der Waals surface area contributed by atoms with Gasteiger partial charge in [-0.15, -0.1) is 0 Å². The van der Waals surface area contributed by atoms with E-state index in [1.54, 1.807) is 30.3 Å². The fourth-order valence-electron chi connectivity index (χ4n) is 2.85. The van der Waals surface area contributed by atoms with Crippen LogP contribution < -0.4 is 5.32 Å². The van der Waals surface area contributed by atoms with Crippen molar-refractivity contribution in [1.29, 1.82) is 0 Å². The first-order chi connectivity index (χ1) is 13.9. The normalized spacial score (nSPS) is 10.8. The number of nitrogens with zero attached hydrogens (tertiary/aromatic N) is 2. The predicted octanol–water partition coefficient (Wildman–Crippen LogP) is 4.75. The van der Waals surface area contributed by atoms with Crippen LogP contribution >= 0.6 is 11.6 Å². The minimum Gasteiger partial charge on any atom is -0.507 e. The summed E-state index contributed by atoms with van der Waals surface area (Å²) in [6.45, 7) is 0. The second kappa shape index (κ2) is 7.25. The Hall–Kier alpha value is -3.91. The lowest BCUT2D eigenvalue weighted by Crippen LogP contribution is -2.12. The van der Waals surface area contributed by atoms with E-state index in [0.717, 1.165) is 0 Å². The topological polar surface area (TPSA) is 121 Å². The average molecular weight is 409 g/mol. The van der Waals surface area contributed by atoms with Gasteiger partial charge in [-0.3, -0.25) is 14.9 Å². The molecule has 144 valence electrons. The van der Waals surface area contributed by atoms with Crippen molar-refractivity contribution >= 4 is 39.9 Å². The van der Waals surface area contributed by atoms with E-state index in [2.05, 4.69) is 15.3 Å². The predicted molar refractivity (Wildman–Crippen MR) is 109 cm³/mol. The molecular formula is C20H13ClN4O4. The van der Waals surface area contributed by atoms with Gasteiger partial charge >= 0.3 is 0 Å². The van der Waals surface area contributed by atoms with Crippen molar-refractivity contribution in [3.05, 3.63) is 81.4 Å². The molecule has 1 heterocycles. The van der Waals surface area contributed by atoms with Crippen molar-refractivity contribution in [2.75, 3.05) is 5.32 Å². The molecule has 3 N–H and O–H groups in total. The number of hydrogen-bond acceptors (Lipinski definition) is 5. The van der Waals surface area contributed by atoms with Crippen LogP contribution in [0.3, 0.4) is 0 Å². The second-order valence-electron chi connectivity index (χ2n) is 6.24. The maximum absolute atomic E-state index is 12.4. The summed E-state index contributed by atoms with van der Waals surface area (Å²) in [7, 11) is 0. The number of rotatable bonds is 4. The van der Waals surface area contributed by atoms with E-state index in [4.69, 9.17) is 11.6 Å². The van der Waals surface area contributed by atoms with Crippen LogP contribution in [-0.2, 0) is 0 Å². The number of carbonyl (C=O) groups excluding carboxylic acids is 1. The largest absolute Gasteiger partial charge is 0.507 e. The Labute approximate surface area is 168 Å². The molecule has 29 heavy (non-hydrogen) atoms. The lowest BCUT2D eigenvalue weighted by molar-refractivity contribution is -0.384. The van der Waals surface area contributed by atoms with E-state index in [9.17, 15) is 20.0 Å². The fourth-order valence-corrected chi connectivity index (χ4v) is 3.03. The summed E-state index contributed by atoms with van der Waals surface area (Å²) in [6.07, 6.45) is 0. The Morgan fingerprint density at radius 3 is 2.59 bits per heavy atom. The van der Waals surface area contributed by atoms with Gasteiger partial charge in [0.05, 0.1) is 21.5 Å². The third-order valence-electron chi connectivity index (χ3n) is 4.29. The van der Waals surface area contributed by atoms with Crippen LogP contribution in [0.5, 0.6) is 5.75 Å². The molecule has 0 unspecified atom stereocenters. The van der Waals surface area contributed by atoms with Gasteiger partial charge in [0.15, 0.2) is 0 Å². The molecule has 0 bridgehead atoms. The summed E-state index contributed by atoms with van der Waals surface area (Å²) in [5.41, 5.74) is 2.60. The number of amides is 1. The molecule has 0 spiro atoms. The molecule has 0 aliphatic rings. The summed E-state index contributed by atoms with van der Waals surface area (Å²) in [5, 5.41) is 23.7. The molecule has 1 amide bonds. The number of non-ortho nitro benzene ring substituents is 1. The highest BCUT2D eigenvalue weighted by atomic mass is 35.5. The highest BCUT2D eigenvalue weighted by Gasteiger charge is 2.13. The van der Waals surface area contributed by atoms with Gasteiger partial charge in [-0.05, 0) is 48.5 Å². The Morgan fingerprint density at radius 1 is 1.10 bits per heavy atom. The summed E-state index contributed by atoms with van der Waals surface area (Å²) in [4.78, 5) is 30.3. The minimum atomic E-state index is -0.501. The molecule has 0 saturated heterocycles. The number of nitrogens with one attached hydrogen (secondary N) is 2. The Bertz CT molecular complexity index is 1250. The number of aromatic nitrogens is 2. The molecular weight excluding hydrogens is 396 g/mol. The van der Waals surface area contributed by atoms with Crippen LogP contribution in [0.1, 0.15) is 10.4 Å². The average Bonchev–Trinajstić information content (AvgIpc) is 3.13. The molecule has 0 radical (unpaired) electrons. The van der Waals surface area contributed by atoms with Crippen LogP contribution in [-0.4, -0.2) is 25.9 Å². The zero-order chi connectivity index (χ0) is 20.5. The minimum absolute atomic E-state index is 0.000808. The zero-order valence-electron chi connectivity index (χ0n) is 14.7. The van der Waals surface area contributed by atoms with Crippen LogP contribution in [0.25, 0.3) is 22.4 Å². The molecule has 4 aromatic rings. The number of imidazole rings is 1. The van der Waals surface area contributed by atoms with Crippen molar-refractivity contribution in [1.82, 2.24) is 9.97 Å². The second-order valence-corrected chi connectivity index (χ2v) is 6.67. The Balaban J connectivity index is 1.60. The van der Waals surface area contributed by atoms with Gasteiger partial charge < -0.3 is 15.4 Å². The molecule has 9 heteroatoms. The van der Waals surface area contributed by atoms with Gasteiger partial charge in [-0.25, -0.2) is 4.98 Å². The first-order valence-electron chi connectivity index (χ1n) is 8.45. The van der Waals surface area contributed by atoms with Crippen molar-refractivity contribution in [3.63, 3.8) is 0 Å². The lowest BCUT2D eigenvalue weighted by Gasteiger charge is -2.07. The molecule has 0 aliphatic heterocycles. The quantitative estimate of drug-likeness (QED) is 0.332. The molecule has 8 nitrogen and oxygen atoms in total. The number of halogens is 1. The van der Waals surface area contributed by atoms with Gasteiger partial charge in [0.1, 0.15) is 11.6 Å². The standard InChI is InChI=1S/C20H13ClN4O4/c21-12-3-8-18(26)15(9-12)20(27)22-13-4-7-16-17(10-13)24-19(23-16)11-1-5-14(6-2-11)25(28)29/h1-10,26H,(H,22,27)(H,23,24). The number of aromatic amines is 1. The Morgan fingerprint density at radius 2 is 1.86 bits per heavy atom. The number of benzene rings is 3. The van der Waals surface area contributed by atoms with Crippen molar-refractivity contribution in [3.8, 4) is 17.1 Å². The molecule has 3 aromatic carbocycles. The maximum Gasteiger partial charge on any atom is 0.269 e. The number of anilines is 1. The first-order valence-corrected chi connectivity index (χ1v) is 8.83. The molecule has 0 saturated carbocycles. The number of hydrogen-bond donors (Lipinski definition) is 3. The number of H-pyrrole nitrogens is 1. The number of aromatic hydroxyl groups is 1. The summed E-state index contributed by atoms with van der Waals surface area (Å²) in [6, 6.07) is 15.4.